The number of fused-ring (bicyclic) bond motifs is 5. The highest BCUT2D eigenvalue weighted by Gasteiger charge is 2.25. The number of carboxylic acids is 1. The Balaban J connectivity index is 1.85. The third kappa shape index (κ3) is 3.04. The molecule has 0 saturated carbocycles. The first-order chi connectivity index (χ1) is 14.7. The van der Waals surface area contributed by atoms with E-state index >= 15 is 0 Å². The van der Waals surface area contributed by atoms with Crippen LogP contribution in [-0.2, 0) is 13.0 Å². The Labute approximate surface area is 175 Å². The smallest absolute Gasteiger partial charge is 0.336 e. The van der Waals surface area contributed by atoms with Gasteiger partial charge in [-0.2, -0.15) is 0 Å². The molecule has 4 aromatic rings. The summed E-state index contributed by atoms with van der Waals surface area (Å²) in [7, 11) is 0. The van der Waals surface area contributed by atoms with Gasteiger partial charge in [-0.05, 0) is 53.4 Å². The number of pyridine rings is 1. The molecule has 1 aliphatic heterocycles. The maximum Gasteiger partial charge on any atom is 0.336 e. The minimum Gasteiger partial charge on any atom is -0.478 e. The van der Waals surface area contributed by atoms with Crippen LogP contribution in [-0.4, -0.2) is 34.0 Å². The van der Waals surface area contributed by atoms with Crippen LogP contribution in [0, 0.1) is 0 Å². The van der Waals surface area contributed by atoms with Crippen LogP contribution in [0.2, 0.25) is 0 Å². The maximum atomic E-state index is 11.9. The fourth-order valence-corrected chi connectivity index (χ4v) is 4.78. The summed E-state index contributed by atoms with van der Waals surface area (Å²) in [5.41, 5.74) is 5.25. The summed E-state index contributed by atoms with van der Waals surface area (Å²) in [5, 5.41) is 13.4. The van der Waals surface area contributed by atoms with Crippen LogP contribution in [0.15, 0.2) is 60.7 Å². The van der Waals surface area contributed by atoms with E-state index in [9.17, 15) is 9.90 Å². The summed E-state index contributed by atoms with van der Waals surface area (Å²) in [4.78, 5) is 19.4. The number of rotatable bonds is 4. The van der Waals surface area contributed by atoms with Crippen LogP contribution < -0.4 is 0 Å². The third-order valence-electron chi connectivity index (χ3n) is 6.10. The number of carboxylic acid groups (broad SMARTS) is 1. The summed E-state index contributed by atoms with van der Waals surface area (Å²) < 4.78 is 0. The van der Waals surface area contributed by atoms with E-state index in [-0.39, 0.29) is 0 Å². The number of aromatic carboxylic acids is 1. The molecule has 0 radical (unpaired) electrons. The van der Waals surface area contributed by atoms with Crippen LogP contribution >= 0.6 is 0 Å². The summed E-state index contributed by atoms with van der Waals surface area (Å²) in [6.45, 7) is 5.05. The Bertz CT molecular complexity index is 1280. The molecule has 0 fully saturated rings. The Morgan fingerprint density at radius 2 is 1.83 bits per heavy atom. The van der Waals surface area contributed by atoms with Crippen molar-refractivity contribution >= 4 is 27.6 Å². The molecule has 150 valence electrons. The molecule has 4 heteroatoms. The zero-order chi connectivity index (χ0) is 20.7. The molecule has 1 N–H and O–H groups in total. The molecule has 4 nitrogen and oxygen atoms in total. The van der Waals surface area contributed by atoms with Gasteiger partial charge in [-0.3, -0.25) is 4.90 Å². The second-order valence-electron chi connectivity index (χ2n) is 7.98. The highest BCUT2D eigenvalue weighted by molar-refractivity contribution is 6.09. The fraction of sp³-hybridized carbons (Fsp3) is 0.231. The Morgan fingerprint density at radius 3 is 2.67 bits per heavy atom. The number of carbonyl (C=O) groups is 1. The lowest BCUT2D eigenvalue weighted by molar-refractivity contribution is 0.0697. The first kappa shape index (κ1) is 18.8. The second kappa shape index (κ2) is 7.54. The van der Waals surface area contributed by atoms with Crippen LogP contribution in [0.25, 0.3) is 32.9 Å². The van der Waals surface area contributed by atoms with E-state index in [0.717, 1.165) is 43.7 Å². The van der Waals surface area contributed by atoms with Gasteiger partial charge in [0.15, 0.2) is 0 Å². The topological polar surface area (TPSA) is 53.4 Å². The van der Waals surface area contributed by atoms with Crippen LogP contribution in [0.1, 0.15) is 34.8 Å². The van der Waals surface area contributed by atoms with Gasteiger partial charge in [0.25, 0.3) is 0 Å². The van der Waals surface area contributed by atoms with Gasteiger partial charge in [-0.1, -0.05) is 55.5 Å². The molecule has 0 atom stereocenters. The quantitative estimate of drug-likeness (QED) is 0.461. The van der Waals surface area contributed by atoms with E-state index < -0.39 is 5.97 Å². The van der Waals surface area contributed by atoms with Crippen molar-refractivity contribution in [2.75, 3.05) is 13.1 Å². The lowest BCUT2D eigenvalue weighted by Gasteiger charge is -2.31. The summed E-state index contributed by atoms with van der Waals surface area (Å²) >= 11 is 0. The predicted molar refractivity (Wildman–Crippen MR) is 121 cm³/mol. The second-order valence-corrected chi connectivity index (χ2v) is 7.98. The van der Waals surface area contributed by atoms with Gasteiger partial charge >= 0.3 is 5.97 Å². The van der Waals surface area contributed by atoms with Crippen LogP contribution in [0.3, 0.4) is 0 Å². The van der Waals surface area contributed by atoms with E-state index in [1.807, 2.05) is 12.1 Å². The van der Waals surface area contributed by atoms with Crippen molar-refractivity contribution in [3.63, 3.8) is 0 Å². The monoisotopic (exact) mass is 396 g/mol. The van der Waals surface area contributed by atoms with Crippen LogP contribution in [0.5, 0.6) is 0 Å². The first-order valence-electron chi connectivity index (χ1n) is 10.6. The van der Waals surface area contributed by atoms with E-state index in [1.54, 1.807) is 12.1 Å². The number of hydrogen-bond acceptors (Lipinski definition) is 3. The zero-order valence-electron chi connectivity index (χ0n) is 17.1. The largest absolute Gasteiger partial charge is 0.478 e. The average molecular weight is 396 g/mol. The van der Waals surface area contributed by atoms with Gasteiger partial charge in [-0.15, -0.1) is 0 Å². The van der Waals surface area contributed by atoms with Gasteiger partial charge in [0.05, 0.1) is 16.8 Å². The molecule has 0 aliphatic carbocycles. The first-order valence-corrected chi connectivity index (χ1v) is 10.6. The number of nitrogens with zero attached hydrogens (tertiary/aromatic N) is 2. The molecule has 30 heavy (non-hydrogen) atoms. The zero-order valence-corrected chi connectivity index (χ0v) is 17.1. The Kier molecular flexibility index (Phi) is 4.72. The molecule has 0 unspecified atom stereocenters. The standard InChI is InChI=1S/C26H24N2O2/c1-2-14-28-15-13-19-22(16-28)25(20-9-5-6-10-21(20)26(29)30)27-23-12-11-17-7-3-4-8-18(17)24(19)23/h3-12H,2,13-16H2,1H3,(H,29,30). The summed E-state index contributed by atoms with van der Waals surface area (Å²) in [6.07, 6.45) is 2.05. The molecule has 5 rings (SSSR count). The lowest BCUT2D eigenvalue weighted by atomic mass is 9.88. The number of hydrogen-bond donors (Lipinski definition) is 1. The summed E-state index contributed by atoms with van der Waals surface area (Å²) in [5.74, 6) is -0.916. The molecule has 0 saturated heterocycles. The minimum absolute atomic E-state index is 0.306. The van der Waals surface area contributed by atoms with Crippen molar-refractivity contribution in [1.29, 1.82) is 0 Å². The van der Waals surface area contributed by atoms with Crippen molar-refractivity contribution in [1.82, 2.24) is 9.88 Å². The average Bonchev–Trinajstić information content (AvgIpc) is 2.78. The van der Waals surface area contributed by atoms with E-state index in [4.69, 9.17) is 4.98 Å². The molecule has 1 aliphatic rings. The normalized spacial score (nSPS) is 14.2. The van der Waals surface area contributed by atoms with Crippen molar-refractivity contribution in [3.05, 3.63) is 77.4 Å². The van der Waals surface area contributed by atoms with Gasteiger partial charge in [0.1, 0.15) is 0 Å². The summed E-state index contributed by atoms with van der Waals surface area (Å²) in [6, 6.07) is 19.9. The van der Waals surface area contributed by atoms with Gasteiger partial charge < -0.3 is 5.11 Å². The molecule has 0 bridgehead atoms. The van der Waals surface area contributed by atoms with Crippen molar-refractivity contribution in [2.45, 2.75) is 26.3 Å². The van der Waals surface area contributed by atoms with E-state index in [0.29, 0.717) is 11.1 Å². The molecular weight excluding hydrogens is 372 g/mol. The van der Waals surface area contributed by atoms with Crippen molar-refractivity contribution in [2.24, 2.45) is 0 Å². The highest BCUT2D eigenvalue weighted by Crippen LogP contribution is 2.38. The maximum absolute atomic E-state index is 11.9. The molecule has 0 spiro atoms. The van der Waals surface area contributed by atoms with Gasteiger partial charge in [0.2, 0.25) is 0 Å². The van der Waals surface area contributed by atoms with E-state index in [1.165, 1.54) is 27.3 Å². The molecule has 3 aromatic carbocycles. The fourth-order valence-electron chi connectivity index (χ4n) is 4.78. The van der Waals surface area contributed by atoms with Crippen molar-refractivity contribution in [3.8, 4) is 11.3 Å². The Hall–Kier alpha value is -3.24. The SMILES string of the molecule is CCCN1CCc2c(c(-c3ccccc3C(=O)O)nc3ccc4ccccc4c23)C1. The number of benzene rings is 3. The minimum atomic E-state index is -0.916. The number of aromatic nitrogens is 1. The van der Waals surface area contributed by atoms with Crippen LogP contribution in [0.4, 0.5) is 0 Å². The van der Waals surface area contributed by atoms with Gasteiger partial charge in [-0.25, -0.2) is 9.78 Å². The Morgan fingerprint density at radius 1 is 1.03 bits per heavy atom. The molecular formula is C26H24N2O2. The highest BCUT2D eigenvalue weighted by atomic mass is 16.4. The molecule has 0 amide bonds. The predicted octanol–water partition coefficient (Wildman–Crippen LogP) is 5.52. The lowest BCUT2D eigenvalue weighted by Crippen LogP contribution is -2.32. The molecule has 1 aromatic heterocycles. The van der Waals surface area contributed by atoms with Gasteiger partial charge in [0, 0.05) is 24.0 Å². The third-order valence-corrected chi connectivity index (χ3v) is 6.10. The molecule has 2 heterocycles. The van der Waals surface area contributed by atoms with E-state index in [2.05, 4.69) is 48.2 Å². The van der Waals surface area contributed by atoms with Crippen molar-refractivity contribution < 1.29 is 9.90 Å².